The van der Waals surface area contributed by atoms with Crippen LogP contribution in [0.25, 0.3) is 32.1 Å². The van der Waals surface area contributed by atoms with Gasteiger partial charge in [0.15, 0.2) is 0 Å². The maximum Gasteiger partial charge on any atom is 0.326 e. The van der Waals surface area contributed by atoms with Crippen LogP contribution in [-0.4, -0.2) is 22.1 Å². The van der Waals surface area contributed by atoms with Gasteiger partial charge in [-0.05, 0) is 40.8 Å². The van der Waals surface area contributed by atoms with Gasteiger partial charge in [0, 0.05) is 10.9 Å². The molecule has 0 saturated carbocycles. The van der Waals surface area contributed by atoms with Crippen molar-refractivity contribution in [2.45, 2.75) is 19.4 Å². The number of thiophene rings is 1. The lowest BCUT2D eigenvalue weighted by Crippen LogP contribution is -2.25. The SMILES string of the molecule is O=C(Cn1cnc2scc(-c3ccc4ccccc4c3)c2c1=O)OCCCc1ccccc1. The zero-order valence-electron chi connectivity index (χ0n) is 17.9. The summed E-state index contributed by atoms with van der Waals surface area (Å²) in [7, 11) is 0. The van der Waals surface area contributed by atoms with Crippen molar-refractivity contribution in [1.82, 2.24) is 9.55 Å². The lowest BCUT2D eigenvalue weighted by atomic mass is 10.0. The first-order chi connectivity index (χ1) is 16.2. The molecule has 5 nitrogen and oxygen atoms in total. The Labute approximate surface area is 194 Å². The highest BCUT2D eigenvalue weighted by atomic mass is 32.1. The number of esters is 1. The Morgan fingerprint density at radius 3 is 2.61 bits per heavy atom. The molecule has 3 aromatic carbocycles. The molecule has 0 aliphatic carbocycles. The Morgan fingerprint density at radius 2 is 1.76 bits per heavy atom. The quantitative estimate of drug-likeness (QED) is 0.242. The normalized spacial score (nSPS) is 11.2. The number of nitrogens with zero attached hydrogens (tertiary/aromatic N) is 2. The van der Waals surface area contributed by atoms with Crippen molar-refractivity contribution >= 4 is 38.3 Å². The summed E-state index contributed by atoms with van der Waals surface area (Å²) >= 11 is 1.43. The number of carbonyl (C=O) groups excluding carboxylic acids is 1. The molecule has 6 heteroatoms. The first-order valence-corrected chi connectivity index (χ1v) is 11.7. The molecule has 2 aromatic heterocycles. The fraction of sp³-hybridized carbons (Fsp3) is 0.148. The van der Waals surface area contributed by atoms with Crippen LogP contribution in [0.15, 0.2) is 89.3 Å². The van der Waals surface area contributed by atoms with Crippen molar-refractivity contribution in [1.29, 1.82) is 0 Å². The van der Waals surface area contributed by atoms with Gasteiger partial charge in [-0.25, -0.2) is 4.98 Å². The van der Waals surface area contributed by atoms with Gasteiger partial charge in [-0.2, -0.15) is 0 Å². The molecule has 0 spiro atoms. The summed E-state index contributed by atoms with van der Waals surface area (Å²) in [6.45, 7) is 0.166. The second kappa shape index (κ2) is 9.38. The first kappa shape index (κ1) is 21.1. The van der Waals surface area contributed by atoms with Gasteiger partial charge in [0.25, 0.3) is 5.56 Å². The van der Waals surface area contributed by atoms with Gasteiger partial charge in [-0.3, -0.25) is 14.2 Å². The van der Waals surface area contributed by atoms with Crippen LogP contribution < -0.4 is 5.56 Å². The average molecular weight is 455 g/mol. The highest BCUT2D eigenvalue weighted by molar-refractivity contribution is 7.17. The van der Waals surface area contributed by atoms with Crippen LogP contribution in [0.4, 0.5) is 0 Å². The lowest BCUT2D eigenvalue weighted by molar-refractivity contribution is -0.144. The molecule has 5 aromatic rings. The molecule has 0 saturated heterocycles. The minimum absolute atomic E-state index is 0.153. The van der Waals surface area contributed by atoms with Crippen molar-refractivity contribution < 1.29 is 9.53 Å². The van der Waals surface area contributed by atoms with Gasteiger partial charge < -0.3 is 4.74 Å². The molecule has 0 N–H and O–H groups in total. The smallest absolute Gasteiger partial charge is 0.326 e. The highest BCUT2D eigenvalue weighted by Crippen LogP contribution is 2.32. The molecular weight excluding hydrogens is 432 g/mol. The third-order valence-corrected chi connectivity index (χ3v) is 6.52. The zero-order valence-corrected chi connectivity index (χ0v) is 18.8. The summed E-state index contributed by atoms with van der Waals surface area (Å²) in [5.41, 5.74) is 2.77. The molecule has 0 atom stereocenters. The fourth-order valence-electron chi connectivity index (χ4n) is 3.94. The second-order valence-electron chi connectivity index (χ2n) is 7.88. The van der Waals surface area contributed by atoms with Crippen molar-refractivity contribution in [3.63, 3.8) is 0 Å². The topological polar surface area (TPSA) is 61.2 Å². The minimum atomic E-state index is -0.436. The largest absolute Gasteiger partial charge is 0.464 e. The average Bonchev–Trinajstić information content (AvgIpc) is 3.29. The first-order valence-electron chi connectivity index (χ1n) is 10.8. The zero-order chi connectivity index (χ0) is 22.6. The standard InChI is InChI=1S/C27H22N2O3S/c30-24(32-14-6-9-19-7-2-1-3-8-19)16-29-18-28-26-25(27(29)31)23(17-33-26)22-13-12-20-10-4-5-11-21(20)15-22/h1-5,7-8,10-13,15,17-18H,6,9,14,16H2. The number of benzene rings is 3. The number of aryl methyl sites for hydroxylation is 1. The molecule has 0 bridgehead atoms. The van der Waals surface area contributed by atoms with E-state index in [1.165, 1.54) is 27.8 Å². The van der Waals surface area contributed by atoms with Gasteiger partial charge >= 0.3 is 5.97 Å². The van der Waals surface area contributed by atoms with E-state index in [2.05, 4.69) is 41.4 Å². The van der Waals surface area contributed by atoms with Crippen molar-refractivity contribution in [3.8, 4) is 11.1 Å². The number of ether oxygens (including phenoxy) is 1. The Hall–Kier alpha value is -3.77. The van der Waals surface area contributed by atoms with E-state index >= 15 is 0 Å². The van der Waals surface area contributed by atoms with E-state index in [-0.39, 0.29) is 12.1 Å². The number of carbonyl (C=O) groups is 1. The summed E-state index contributed by atoms with van der Waals surface area (Å²) in [6, 6.07) is 24.3. The van der Waals surface area contributed by atoms with Crippen molar-refractivity contribution in [2.75, 3.05) is 6.61 Å². The van der Waals surface area contributed by atoms with Crippen molar-refractivity contribution in [3.05, 3.63) is 100 Å². The van der Waals surface area contributed by atoms with E-state index in [9.17, 15) is 9.59 Å². The Morgan fingerprint density at radius 1 is 0.970 bits per heavy atom. The maximum atomic E-state index is 13.2. The van der Waals surface area contributed by atoms with Crippen molar-refractivity contribution in [2.24, 2.45) is 0 Å². The van der Waals surface area contributed by atoms with E-state index < -0.39 is 5.97 Å². The molecular formula is C27H22N2O3S. The summed E-state index contributed by atoms with van der Waals surface area (Å²) in [5.74, 6) is -0.436. The number of fused-ring (bicyclic) bond motifs is 2. The number of hydrogen-bond donors (Lipinski definition) is 0. The van der Waals surface area contributed by atoms with Crippen LogP contribution in [0.5, 0.6) is 0 Å². The van der Waals surface area contributed by atoms with Crippen LogP contribution in [-0.2, 0) is 22.5 Å². The number of hydrogen-bond acceptors (Lipinski definition) is 5. The highest BCUT2D eigenvalue weighted by Gasteiger charge is 2.15. The molecule has 164 valence electrons. The van der Waals surface area contributed by atoms with E-state index in [0.29, 0.717) is 16.8 Å². The van der Waals surface area contributed by atoms with E-state index in [4.69, 9.17) is 4.74 Å². The van der Waals surface area contributed by atoms with Crippen LogP contribution in [0, 0.1) is 0 Å². The fourth-order valence-corrected chi connectivity index (χ4v) is 4.85. The minimum Gasteiger partial charge on any atom is -0.464 e. The lowest BCUT2D eigenvalue weighted by Gasteiger charge is -2.08. The summed E-state index contributed by atoms with van der Waals surface area (Å²) < 4.78 is 6.69. The molecule has 0 radical (unpaired) electrons. The van der Waals surface area contributed by atoms with Gasteiger partial charge in [-0.15, -0.1) is 11.3 Å². The predicted molar refractivity (Wildman–Crippen MR) is 133 cm³/mol. The molecule has 0 unspecified atom stereocenters. The van der Waals surface area contributed by atoms with Crippen LogP contribution in [0.1, 0.15) is 12.0 Å². The molecule has 2 heterocycles. The van der Waals surface area contributed by atoms with Crippen LogP contribution in [0.3, 0.4) is 0 Å². The summed E-state index contributed by atoms with van der Waals surface area (Å²) in [5, 5.41) is 4.74. The third kappa shape index (κ3) is 4.56. The number of aromatic nitrogens is 2. The monoisotopic (exact) mass is 454 g/mol. The van der Waals surface area contributed by atoms with Crippen LogP contribution in [0.2, 0.25) is 0 Å². The molecule has 33 heavy (non-hydrogen) atoms. The third-order valence-electron chi connectivity index (χ3n) is 5.64. The van der Waals surface area contributed by atoms with Crippen LogP contribution >= 0.6 is 11.3 Å². The Kier molecular flexibility index (Phi) is 6.00. The van der Waals surface area contributed by atoms with E-state index in [0.717, 1.165) is 34.7 Å². The Balaban J connectivity index is 1.32. The molecule has 0 amide bonds. The van der Waals surface area contributed by atoms with E-state index in [1.54, 1.807) is 0 Å². The summed E-state index contributed by atoms with van der Waals surface area (Å²) in [6.07, 6.45) is 3.00. The molecule has 0 fully saturated rings. The molecule has 0 aliphatic heterocycles. The summed E-state index contributed by atoms with van der Waals surface area (Å²) in [4.78, 5) is 30.6. The van der Waals surface area contributed by atoms with Gasteiger partial charge in [0.05, 0.1) is 18.3 Å². The molecule has 0 aliphatic rings. The second-order valence-corrected chi connectivity index (χ2v) is 8.74. The van der Waals surface area contributed by atoms with Gasteiger partial charge in [0.1, 0.15) is 11.4 Å². The van der Waals surface area contributed by atoms with Gasteiger partial charge in [0.2, 0.25) is 0 Å². The van der Waals surface area contributed by atoms with E-state index in [1.807, 2.05) is 41.8 Å². The molecule has 5 rings (SSSR count). The number of rotatable bonds is 7. The maximum absolute atomic E-state index is 13.2. The Bertz CT molecular complexity index is 1490. The van der Waals surface area contributed by atoms with Gasteiger partial charge in [-0.1, -0.05) is 66.7 Å². The predicted octanol–water partition coefficient (Wildman–Crippen LogP) is 5.45.